The summed E-state index contributed by atoms with van der Waals surface area (Å²) in [5.74, 6) is 2.96. The van der Waals surface area contributed by atoms with Crippen LogP contribution in [-0.2, 0) is 11.3 Å². The second-order valence-corrected chi connectivity index (χ2v) is 9.52. The lowest BCUT2D eigenvalue weighted by atomic mass is 9.86. The number of amides is 1. The number of hydrogen-bond donors (Lipinski definition) is 0. The Hall–Kier alpha value is -1.66. The zero-order valence-corrected chi connectivity index (χ0v) is 17.1. The van der Waals surface area contributed by atoms with Gasteiger partial charge in [0.15, 0.2) is 0 Å². The highest BCUT2D eigenvalue weighted by Gasteiger charge is 2.65. The summed E-state index contributed by atoms with van der Waals surface area (Å²) in [7, 11) is 0. The van der Waals surface area contributed by atoms with E-state index in [-0.39, 0.29) is 5.54 Å². The quantitative estimate of drug-likeness (QED) is 0.795. The van der Waals surface area contributed by atoms with Crippen LogP contribution >= 0.6 is 11.3 Å². The van der Waals surface area contributed by atoms with Crippen molar-refractivity contribution in [2.45, 2.75) is 64.1 Å². The van der Waals surface area contributed by atoms with E-state index in [1.807, 2.05) is 24.0 Å². The van der Waals surface area contributed by atoms with Crippen LogP contribution in [0.1, 0.15) is 67.3 Å². The number of aromatic nitrogens is 1. The first kappa shape index (κ1) is 17.4. The van der Waals surface area contributed by atoms with Crippen LogP contribution in [0.25, 0.3) is 0 Å². The minimum absolute atomic E-state index is 0.296. The zero-order valence-electron chi connectivity index (χ0n) is 16.3. The minimum atomic E-state index is -0.296. The van der Waals surface area contributed by atoms with Gasteiger partial charge in [0.25, 0.3) is 0 Å². The predicted octanol–water partition coefficient (Wildman–Crippen LogP) is 4.11. The van der Waals surface area contributed by atoms with Gasteiger partial charge in [-0.1, -0.05) is 13.8 Å². The number of carbonyl (C=O) groups is 1. The first-order valence-corrected chi connectivity index (χ1v) is 10.9. The predicted molar refractivity (Wildman–Crippen MR) is 105 cm³/mol. The summed E-state index contributed by atoms with van der Waals surface area (Å²) in [5.41, 5.74) is 0.886. The molecule has 1 amide bonds. The molecular formula is C21H27N3O2S. The third-order valence-corrected chi connectivity index (χ3v) is 7.65. The Morgan fingerprint density at radius 1 is 1.41 bits per heavy atom. The smallest absolute Gasteiger partial charge is 0.243 e. The number of likely N-dealkylation sites (tertiary alicyclic amines) is 1. The van der Waals surface area contributed by atoms with E-state index >= 15 is 0 Å². The van der Waals surface area contributed by atoms with Crippen LogP contribution in [0.2, 0.25) is 0 Å². The monoisotopic (exact) mass is 385 g/mol. The van der Waals surface area contributed by atoms with Crippen LogP contribution in [0.5, 0.6) is 0 Å². The number of furan rings is 1. The molecule has 1 spiro atoms. The molecule has 3 saturated heterocycles. The Labute approximate surface area is 164 Å². The maximum atomic E-state index is 13.5. The molecule has 5 nitrogen and oxygen atoms in total. The second-order valence-electron chi connectivity index (χ2n) is 8.63. The molecular weight excluding hydrogens is 358 g/mol. The van der Waals surface area contributed by atoms with E-state index in [0.717, 1.165) is 43.9 Å². The molecule has 0 unspecified atom stereocenters. The van der Waals surface area contributed by atoms with E-state index in [9.17, 15) is 4.79 Å². The largest absolute Gasteiger partial charge is 0.464 e. The second kappa shape index (κ2) is 6.17. The van der Waals surface area contributed by atoms with Crippen molar-refractivity contribution in [3.05, 3.63) is 39.7 Å². The first-order valence-electron chi connectivity index (χ1n) is 10.1. The van der Waals surface area contributed by atoms with Crippen molar-refractivity contribution in [3.63, 3.8) is 0 Å². The van der Waals surface area contributed by atoms with Crippen LogP contribution < -0.4 is 0 Å². The molecule has 144 valence electrons. The molecule has 0 aliphatic carbocycles. The van der Waals surface area contributed by atoms with Crippen LogP contribution in [0.4, 0.5) is 0 Å². The van der Waals surface area contributed by atoms with Crippen LogP contribution in [0, 0.1) is 12.8 Å². The molecule has 3 aliphatic heterocycles. The molecule has 5 heterocycles. The number of aryl methyl sites for hydroxylation is 1. The lowest BCUT2D eigenvalue weighted by molar-refractivity contribution is -0.137. The maximum Gasteiger partial charge on any atom is 0.243 e. The summed E-state index contributed by atoms with van der Waals surface area (Å²) in [4.78, 5) is 23.0. The highest BCUT2D eigenvalue weighted by atomic mass is 32.1. The lowest BCUT2D eigenvalue weighted by Gasteiger charge is -2.32. The summed E-state index contributed by atoms with van der Waals surface area (Å²) >= 11 is 1.77. The summed E-state index contributed by atoms with van der Waals surface area (Å²) in [6.45, 7) is 8.78. The van der Waals surface area contributed by atoms with Crippen molar-refractivity contribution in [3.8, 4) is 0 Å². The van der Waals surface area contributed by atoms with Gasteiger partial charge in [-0.25, -0.2) is 4.98 Å². The standard InChI is InChI=1S/C21H27N3O2S/c1-13(2)17-12-27-19(22-17)18-9-15-10-23(11-16-6-5-14(3)26-16)20(25)21(15)7-4-8-24(18)21/h5-6,12-13,15,18H,4,7-11H2,1-3H3/t15-,18-,21-/m0/s1. The van der Waals surface area contributed by atoms with Gasteiger partial charge in [0, 0.05) is 17.8 Å². The first-order chi connectivity index (χ1) is 13.0. The van der Waals surface area contributed by atoms with Crippen LogP contribution in [0.15, 0.2) is 21.9 Å². The molecule has 6 heteroatoms. The molecule has 0 saturated carbocycles. The molecule has 0 N–H and O–H groups in total. The van der Waals surface area contributed by atoms with Gasteiger partial charge in [0.1, 0.15) is 22.1 Å². The van der Waals surface area contributed by atoms with Crippen molar-refractivity contribution in [2.24, 2.45) is 5.92 Å². The molecule has 3 atom stereocenters. The topological polar surface area (TPSA) is 49.6 Å². The van der Waals surface area contributed by atoms with Gasteiger partial charge in [0.2, 0.25) is 5.91 Å². The van der Waals surface area contributed by atoms with E-state index in [4.69, 9.17) is 9.40 Å². The number of carbonyl (C=O) groups excluding carboxylic acids is 1. The van der Waals surface area contributed by atoms with Gasteiger partial charge in [-0.15, -0.1) is 11.3 Å². The number of hydrogen-bond acceptors (Lipinski definition) is 5. The van der Waals surface area contributed by atoms with Gasteiger partial charge in [0.05, 0.1) is 18.3 Å². The normalized spacial score (nSPS) is 30.5. The fourth-order valence-corrected chi connectivity index (χ4v) is 6.53. The summed E-state index contributed by atoms with van der Waals surface area (Å²) in [6, 6.07) is 4.28. The number of nitrogens with zero attached hydrogens (tertiary/aromatic N) is 3. The molecule has 3 fully saturated rings. The van der Waals surface area contributed by atoms with E-state index in [0.29, 0.717) is 30.3 Å². The third kappa shape index (κ3) is 2.53. The Morgan fingerprint density at radius 3 is 2.96 bits per heavy atom. The van der Waals surface area contributed by atoms with Crippen molar-refractivity contribution < 1.29 is 9.21 Å². The summed E-state index contributed by atoms with van der Waals surface area (Å²) < 4.78 is 5.72. The van der Waals surface area contributed by atoms with Crippen molar-refractivity contribution in [1.29, 1.82) is 0 Å². The van der Waals surface area contributed by atoms with Crippen molar-refractivity contribution in [2.75, 3.05) is 13.1 Å². The molecule has 2 aromatic heterocycles. The molecule has 0 radical (unpaired) electrons. The van der Waals surface area contributed by atoms with Gasteiger partial charge in [-0.2, -0.15) is 0 Å². The van der Waals surface area contributed by atoms with E-state index < -0.39 is 0 Å². The minimum Gasteiger partial charge on any atom is -0.464 e. The fourth-order valence-electron chi connectivity index (χ4n) is 5.43. The van der Waals surface area contributed by atoms with Gasteiger partial charge < -0.3 is 9.32 Å². The SMILES string of the molecule is Cc1ccc(CN2C[C@@H]3C[C@@H](c4nc(C(C)C)cs4)N4CCC[C@@]34C2=O)o1. The van der Waals surface area contributed by atoms with Crippen LogP contribution in [-0.4, -0.2) is 39.3 Å². The van der Waals surface area contributed by atoms with Crippen molar-refractivity contribution >= 4 is 17.2 Å². The molecule has 2 aromatic rings. The van der Waals surface area contributed by atoms with E-state index in [1.165, 1.54) is 10.7 Å². The average Bonchev–Trinajstić information content (AvgIpc) is 3.39. The van der Waals surface area contributed by atoms with E-state index in [1.54, 1.807) is 11.3 Å². The molecule has 0 bridgehead atoms. The van der Waals surface area contributed by atoms with Crippen LogP contribution in [0.3, 0.4) is 0 Å². The highest BCUT2D eigenvalue weighted by molar-refractivity contribution is 7.09. The number of rotatable bonds is 4. The Kier molecular flexibility index (Phi) is 3.99. The Bertz CT molecular complexity index is 872. The molecule has 5 rings (SSSR count). The fraction of sp³-hybridized carbons (Fsp3) is 0.619. The zero-order chi connectivity index (χ0) is 18.8. The van der Waals surface area contributed by atoms with Gasteiger partial charge >= 0.3 is 0 Å². The van der Waals surface area contributed by atoms with Gasteiger partial charge in [-0.3, -0.25) is 9.69 Å². The van der Waals surface area contributed by atoms with E-state index in [2.05, 4.69) is 24.1 Å². The molecule has 0 aromatic carbocycles. The summed E-state index contributed by atoms with van der Waals surface area (Å²) in [6.07, 6.45) is 3.14. The highest BCUT2D eigenvalue weighted by Crippen LogP contribution is 2.56. The van der Waals surface area contributed by atoms with Crippen molar-refractivity contribution in [1.82, 2.24) is 14.8 Å². The lowest BCUT2D eigenvalue weighted by Crippen LogP contribution is -2.49. The average molecular weight is 386 g/mol. The van der Waals surface area contributed by atoms with Gasteiger partial charge in [-0.05, 0) is 50.8 Å². The maximum absolute atomic E-state index is 13.5. The summed E-state index contributed by atoms with van der Waals surface area (Å²) in [5, 5.41) is 3.40. The molecule has 3 aliphatic rings. The number of thiazole rings is 1. The third-order valence-electron chi connectivity index (χ3n) is 6.69. The Balaban J connectivity index is 1.41. The Morgan fingerprint density at radius 2 is 2.26 bits per heavy atom. The molecule has 27 heavy (non-hydrogen) atoms.